The van der Waals surface area contributed by atoms with Crippen LogP contribution in [0.5, 0.6) is 0 Å². The van der Waals surface area contributed by atoms with Crippen molar-refractivity contribution in [3.63, 3.8) is 0 Å². The Labute approximate surface area is 107 Å². The largest absolute Gasteiger partial charge is 0.299 e. The standard InChI is InChI=1S/C13H22BrO2/c14-11-8-6-4-2-1-3-5-7-9-13(16)10-12-15/h1-11H2. The molecule has 0 aromatic carbocycles. The van der Waals surface area contributed by atoms with Crippen LogP contribution in [0.3, 0.4) is 0 Å². The Morgan fingerprint density at radius 3 is 1.88 bits per heavy atom. The van der Waals surface area contributed by atoms with E-state index in [0.29, 0.717) is 6.42 Å². The van der Waals surface area contributed by atoms with E-state index < -0.39 is 0 Å². The van der Waals surface area contributed by atoms with Gasteiger partial charge in [-0.05, 0) is 12.8 Å². The molecule has 0 fully saturated rings. The minimum Gasteiger partial charge on any atom is -0.299 e. The third-order valence-electron chi connectivity index (χ3n) is 2.61. The van der Waals surface area contributed by atoms with Gasteiger partial charge >= 0.3 is 0 Å². The molecule has 0 unspecified atom stereocenters. The molecule has 0 rings (SSSR count). The van der Waals surface area contributed by atoms with E-state index in [1.807, 2.05) is 0 Å². The lowest BCUT2D eigenvalue weighted by molar-refractivity contribution is -0.118. The first kappa shape index (κ1) is 15.8. The van der Waals surface area contributed by atoms with E-state index in [2.05, 4.69) is 15.9 Å². The number of unbranched alkanes of at least 4 members (excludes halogenated alkanes) is 7. The van der Waals surface area contributed by atoms with E-state index in [-0.39, 0.29) is 12.2 Å². The summed E-state index contributed by atoms with van der Waals surface area (Å²) in [5.41, 5.74) is 0. The second-order valence-corrected chi connectivity index (χ2v) is 4.92. The van der Waals surface area contributed by atoms with E-state index in [4.69, 9.17) is 0 Å². The molecule has 0 aliphatic rings. The topological polar surface area (TPSA) is 34.1 Å². The number of ketones is 1. The lowest BCUT2D eigenvalue weighted by Crippen LogP contribution is -1.97. The van der Waals surface area contributed by atoms with E-state index in [0.717, 1.165) is 18.2 Å². The minimum absolute atomic E-state index is 0.0213. The fourth-order valence-electron chi connectivity index (χ4n) is 1.65. The van der Waals surface area contributed by atoms with Gasteiger partial charge in [0.25, 0.3) is 0 Å². The maximum Gasteiger partial charge on any atom is 0.206 e. The van der Waals surface area contributed by atoms with Crippen molar-refractivity contribution in [2.75, 3.05) is 5.33 Å². The van der Waals surface area contributed by atoms with Gasteiger partial charge in [-0.2, -0.15) is 0 Å². The fourth-order valence-corrected chi connectivity index (χ4v) is 2.04. The predicted octanol–water partition coefficient (Wildman–Crippen LogP) is 3.96. The van der Waals surface area contributed by atoms with Gasteiger partial charge in [0.15, 0.2) is 0 Å². The lowest BCUT2D eigenvalue weighted by atomic mass is 10.1. The molecule has 0 aromatic rings. The maximum atomic E-state index is 11.0. The normalized spacial score (nSPS) is 10.3. The summed E-state index contributed by atoms with van der Waals surface area (Å²) in [7, 11) is 0. The molecule has 0 amide bonds. The molecule has 93 valence electrons. The third-order valence-corrected chi connectivity index (χ3v) is 3.17. The highest BCUT2D eigenvalue weighted by atomic mass is 79.9. The van der Waals surface area contributed by atoms with Gasteiger partial charge < -0.3 is 0 Å². The zero-order valence-corrected chi connectivity index (χ0v) is 11.6. The third kappa shape index (κ3) is 11.9. The van der Waals surface area contributed by atoms with Crippen LogP contribution in [0.2, 0.25) is 0 Å². The van der Waals surface area contributed by atoms with Gasteiger partial charge in [-0.3, -0.25) is 9.59 Å². The van der Waals surface area contributed by atoms with Crippen LogP contribution in [0.25, 0.3) is 0 Å². The number of alkyl halides is 1. The van der Waals surface area contributed by atoms with Crippen molar-refractivity contribution < 1.29 is 9.59 Å². The molecule has 0 saturated carbocycles. The molecular weight excluding hydrogens is 268 g/mol. The smallest absolute Gasteiger partial charge is 0.206 e. The van der Waals surface area contributed by atoms with Crippen molar-refractivity contribution in [2.45, 2.75) is 64.2 Å². The Kier molecular flexibility index (Phi) is 12.7. The number of carbonyl (C=O) groups excluding carboxylic acids is 2. The van der Waals surface area contributed by atoms with Gasteiger partial charge in [-0.15, -0.1) is 0 Å². The Bertz CT molecular complexity index is 181. The molecule has 0 saturated heterocycles. The van der Waals surface area contributed by atoms with E-state index in [9.17, 15) is 9.59 Å². The molecule has 16 heavy (non-hydrogen) atoms. The highest BCUT2D eigenvalue weighted by molar-refractivity contribution is 9.09. The first-order chi connectivity index (χ1) is 7.81. The zero-order chi connectivity index (χ0) is 12.1. The van der Waals surface area contributed by atoms with Crippen LogP contribution >= 0.6 is 15.9 Å². The van der Waals surface area contributed by atoms with Gasteiger partial charge in [0.05, 0.1) is 6.42 Å². The summed E-state index contributed by atoms with van der Waals surface area (Å²) in [6.45, 7) is 0. The van der Waals surface area contributed by atoms with Gasteiger partial charge in [0, 0.05) is 11.8 Å². The van der Waals surface area contributed by atoms with Gasteiger partial charge in [0.1, 0.15) is 5.78 Å². The fraction of sp³-hybridized carbons (Fsp3) is 0.846. The monoisotopic (exact) mass is 289 g/mol. The van der Waals surface area contributed by atoms with Crippen LogP contribution in [0, 0.1) is 0 Å². The Balaban J connectivity index is 3.03. The summed E-state index contributed by atoms with van der Waals surface area (Å²) in [6.07, 6.45) is 11.9. The molecule has 0 N–H and O–H groups in total. The highest BCUT2D eigenvalue weighted by Gasteiger charge is 2.00. The maximum absolute atomic E-state index is 11.0. The molecule has 0 aromatic heterocycles. The molecule has 0 spiro atoms. The predicted molar refractivity (Wildman–Crippen MR) is 70.7 cm³/mol. The highest BCUT2D eigenvalue weighted by Crippen LogP contribution is 2.10. The van der Waals surface area contributed by atoms with Crippen LogP contribution in [0.15, 0.2) is 0 Å². The SMILES string of the molecule is O=[C]CC(=O)CCCCCCCCCCBr. The number of halogens is 1. The molecule has 0 heterocycles. The van der Waals surface area contributed by atoms with Crippen molar-refractivity contribution in [3.8, 4) is 0 Å². The summed E-state index contributed by atoms with van der Waals surface area (Å²) in [6, 6.07) is 0. The van der Waals surface area contributed by atoms with Crippen LogP contribution in [-0.4, -0.2) is 17.4 Å². The van der Waals surface area contributed by atoms with Crippen molar-refractivity contribution in [1.82, 2.24) is 0 Å². The van der Waals surface area contributed by atoms with Crippen molar-refractivity contribution in [1.29, 1.82) is 0 Å². The number of carbonyl (C=O) groups is 1. The summed E-state index contributed by atoms with van der Waals surface area (Å²) in [5.74, 6) is 0.0346. The Morgan fingerprint density at radius 1 is 0.875 bits per heavy atom. The van der Waals surface area contributed by atoms with E-state index in [1.165, 1.54) is 38.5 Å². The molecular formula is C13H22BrO2. The molecule has 1 radical (unpaired) electrons. The number of hydrogen-bond acceptors (Lipinski definition) is 2. The van der Waals surface area contributed by atoms with Crippen molar-refractivity contribution in [3.05, 3.63) is 0 Å². The molecule has 0 atom stereocenters. The molecule has 0 bridgehead atoms. The molecule has 3 heteroatoms. The van der Waals surface area contributed by atoms with Crippen LogP contribution in [0.1, 0.15) is 64.2 Å². The zero-order valence-electron chi connectivity index (χ0n) is 9.97. The summed E-state index contributed by atoms with van der Waals surface area (Å²) >= 11 is 3.42. The average molecular weight is 290 g/mol. The van der Waals surface area contributed by atoms with Gasteiger partial charge in [0.2, 0.25) is 6.29 Å². The summed E-state index contributed by atoms with van der Waals surface area (Å²) < 4.78 is 0. The number of Topliss-reactive ketones (excluding diaryl/α,β-unsaturated/α-hetero) is 1. The van der Waals surface area contributed by atoms with Crippen LogP contribution in [-0.2, 0) is 9.59 Å². The Hall–Kier alpha value is -0.180. The van der Waals surface area contributed by atoms with Crippen LogP contribution < -0.4 is 0 Å². The van der Waals surface area contributed by atoms with E-state index >= 15 is 0 Å². The Morgan fingerprint density at radius 2 is 1.38 bits per heavy atom. The number of hydrogen-bond donors (Lipinski definition) is 0. The second-order valence-electron chi connectivity index (χ2n) is 4.13. The molecule has 2 nitrogen and oxygen atoms in total. The second kappa shape index (κ2) is 12.9. The minimum atomic E-state index is -0.0213. The van der Waals surface area contributed by atoms with Gasteiger partial charge in [-0.1, -0.05) is 54.5 Å². The quantitative estimate of drug-likeness (QED) is 0.310. The van der Waals surface area contributed by atoms with Crippen molar-refractivity contribution in [2.24, 2.45) is 0 Å². The molecule has 0 aliphatic heterocycles. The number of rotatable bonds is 12. The van der Waals surface area contributed by atoms with Gasteiger partial charge in [-0.25, -0.2) is 0 Å². The summed E-state index contributed by atoms with van der Waals surface area (Å²) in [4.78, 5) is 20.9. The van der Waals surface area contributed by atoms with Crippen molar-refractivity contribution >= 4 is 28.0 Å². The first-order valence-electron chi connectivity index (χ1n) is 6.24. The lowest BCUT2D eigenvalue weighted by Gasteiger charge is -2.00. The molecule has 0 aliphatic carbocycles. The average Bonchev–Trinajstić information content (AvgIpc) is 2.27. The van der Waals surface area contributed by atoms with Crippen LogP contribution in [0.4, 0.5) is 0 Å². The van der Waals surface area contributed by atoms with E-state index in [1.54, 1.807) is 6.29 Å². The summed E-state index contributed by atoms with van der Waals surface area (Å²) in [5, 5.41) is 1.11. The first-order valence-corrected chi connectivity index (χ1v) is 7.36.